The van der Waals surface area contributed by atoms with Crippen molar-refractivity contribution < 1.29 is 24.2 Å². The van der Waals surface area contributed by atoms with Crippen molar-refractivity contribution in [3.05, 3.63) is 41.0 Å². The van der Waals surface area contributed by atoms with Crippen LogP contribution in [-0.2, 0) is 21.4 Å². The molecule has 198 valence electrons. The van der Waals surface area contributed by atoms with Crippen molar-refractivity contribution in [2.24, 2.45) is 12.5 Å². The summed E-state index contributed by atoms with van der Waals surface area (Å²) >= 11 is 0. The highest BCUT2D eigenvalue weighted by atomic mass is 16.5. The minimum absolute atomic E-state index is 0.127. The minimum Gasteiger partial charge on any atom is -0.481 e. The molecule has 2 aromatic heterocycles. The van der Waals surface area contributed by atoms with E-state index in [1.54, 1.807) is 29.6 Å². The van der Waals surface area contributed by atoms with Gasteiger partial charge in [0.05, 0.1) is 23.2 Å². The van der Waals surface area contributed by atoms with Crippen molar-refractivity contribution in [3.63, 3.8) is 0 Å². The number of carboxylic acids is 1. The fraction of sp³-hybridized carbons (Fsp3) is 0.448. The lowest BCUT2D eigenvalue weighted by Gasteiger charge is -2.42. The maximum atomic E-state index is 13.4. The van der Waals surface area contributed by atoms with Crippen LogP contribution in [0, 0.1) is 31.1 Å². The summed E-state index contributed by atoms with van der Waals surface area (Å²) < 4.78 is 13.0. The fourth-order valence-electron chi connectivity index (χ4n) is 5.22. The van der Waals surface area contributed by atoms with E-state index in [1.807, 2.05) is 19.1 Å². The van der Waals surface area contributed by atoms with Crippen LogP contribution in [0.25, 0.3) is 11.0 Å². The van der Waals surface area contributed by atoms with Crippen molar-refractivity contribution in [1.82, 2.24) is 14.8 Å². The van der Waals surface area contributed by atoms with Gasteiger partial charge in [-0.2, -0.15) is 0 Å². The van der Waals surface area contributed by atoms with E-state index in [4.69, 9.17) is 14.5 Å². The summed E-state index contributed by atoms with van der Waals surface area (Å²) in [6, 6.07) is 7.87. The Bertz CT molecular complexity index is 1490. The smallest absolute Gasteiger partial charge is 0.312 e. The lowest BCUT2D eigenvalue weighted by Crippen LogP contribution is -2.52. The Labute approximate surface area is 221 Å². The van der Waals surface area contributed by atoms with Crippen molar-refractivity contribution in [3.8, 4) is 17.7 Å². The van der Waals surface area contributed by atoms with E-state index in [-0.39, 0.29) is 18.6 Å². The largest absolute Gasteiger partial charge is 0.481 e. The molecule has 2 aliphatic rings. The van der Waals surface area contributed by atoms with E-state index in [2.05, 4.69) is 29.9 Å². The first-order valence-corrected chi connectivity index (χ1v) is 12.8. The molecule has 0 saturated heterocycles. The van der Waals surface area contributed by atoms with Crippen LogP contribution < -0.4 is 9.64 Å². The number of methoxy groups -OCH3 is 1. The number of hydrogen-bond acceptors (Lipinski definition) is 6. The molecule has 2 aliphatic carbocycles. The van der Waals surface area contributed by atoms with Gasteiger partial charge in [-0.3, -0.25) is 19.2 Å². The van der Waals surface area contributed by atoms with Gasteiger partial charge >= 0.3 is 11.9 Å². The van der Waals surface area contributed by atoms with Crippen LogP contribution in [0.1, 0.15) is 55.2 Å². The molecule has 5 rings (SSSR count). The summed E-state index contributed by atoms with van der Waals surface area (Å²) in [7, 11) is 3.29. The summed E-state index contributed by atoms with van der Waals surface area (Å²) in [6.07, 6.45) is 2.49. The molecule has 3 aromatic rings. The fourth-order valence-corrected chi connectivity index (χ4v) is 5.22. The number of carbonyl (C=O) groups is 2. The van der Waals surface area contributed by atoms with Crippen molar-refractivity contribution in [1.29, 1.82) is 0 Å². The second-order valence-corrected chi connectivity index (χ2v) is 10.4. The number of ether oxygens (including phenoxy) is 2. The van der Waals surface area contributed by atoms with Gasteiger partial charge in [-0.25, -0.2) is 4.98 Å². The average molecular weight is 517 g/mol. The predicted molar refractivity (Wildman–Crippen MR) is 143 cm³/mol. The number of fused-ring (bicyclic) bond motifs is 1. The molecule has 9 heteroatoms. The molecule has 38 heavy (non-hydrogen) atoms. The molecule has 0 bridgehead atoms. The molecule has 0 unspecified atom stereocenters. The molecular weight excluding hydrogens is 484 g/mol. The second-order valence-electron chi connectivity index (χ2n) is 10.4. The van der Waals surface area contributed by atoms with Crippen LogP contribution in [0.15, 0.2) is 24.3 Å². The molecule has 1 N–H and O–H groups in total. The number of aromatic nitrogens is 3. The summed E-state index contributed by atoms with van der Waals surface area (Å²) in [5.74, 6) is 5.32. The van der Waals surface area contributed by atoms with Gasteiger partial charge in [-0.15, -0.1) is 5.10 Å². The maximum absolute atomic E-state index is 13.4. The Kier molecular flexibility index (Phi) is 6.61. The number of aryl methyl sites for hydroxylation is 3. The highest BCUT2D eigenvalue weighted by Gasteiger charge is 2.52. The van der Waals surface area contributed by atoms with Gasteiger partial charge in [-0.1, -0.05) is 12.0 Å². The quantitative estimate of drug-likeness (QED) is 0.442. The van der Waals surface area contributed by atoms with Crippen molar-refractivity contribution in [2.75, 3.05) is 18.6 Å². The molecule has 1 aromatic carbocycles. The Balaban J connectivity index is 1.54. The first-order chi connectivity index (χ1) is 18.2. The molecule has 0 spiro atoms. The molecule has 0 radical (unpaired) electrons. The number of anilines is 2. The van der Waals surface area contributed by atoms with Crippen LogP contribution in [0.5, 0.6) is 5.88 Å². The van der Waals surface area contributed by atoms with Gasteiger partial charge in [0.2, 0.25) is 0 Å². The number of rotatable bonds is 8. The van der Waals surface area contributed by atoms with Crippen LogP contribution in [0.4, 0.5) is 11.5 Å². The SMILES string of the molecule is CC#CC(=O)N(c1ccc2c(n1)c(OC1CC(COC)(C(=O)O)C1)nn2C)c1cc(C)c(C)cc1C1CC1. The van der Waals surface area contributed by atoms with E-state index in [1.165, 1.54) is 12.7 Å². The second kappa shape index (κ2) is 9.76. The maximum Gasteiger partial charge on any atom is 0.312 e. The van der Waals surface area contributed by atoms with Crippen LogP contribution in [-0.4, -0.2) is 51.6 Å². The van der Waals surface area contributed by atoms with Crippen LogP contribution >= 0.6 is 0 Å². The molecule has 2 heterocycles. The number of benzene rings is 1. The van der Waals surface area contributed by atoms with Crippen molar-refractivity contribution in [2.45, 2.75) is 58.5 Å². The zero-order valence-corrected chi connectivity index (χ0v) is 22.4. The van der Waals surface area contributed by atoms with E-state index in [0.29, 0.717) is 36.0 Å². The monoisotopic (exact) mass is 516 g/mol. The van der Waals surface area contributed by atoms with E-state index < -0.39 is 11.4 Å². The molecular formula is C29H32N4O5. The number of nitrogens with zero attached hydrogens (tertiary/aromatic N) is 4. The topological polar surface area (TPSA) is 107 Å². The summed E-state index contributed by atoms with van der Waals surface area (Å²) in [4.78, 5) is 31.6. The minimum atomic E-state index is -0.951. The zero-order chi connectivity index (χ0) is 27.2. The van der Waals surface area contributed by atoms with Crippen molar-refractivity contribution >= 4 is 34.4 Å². The normalized spacial score (nSPS) is 20.4. The first kappa shape index (κ1) is 25.7. The number of carbonyl (C=O) groups excluding carboxylic acids is 1. The summed E-state index contributed by atoms with van der Waals surface area (Å²) in [5, 5.41) is 14.2. The Morgan fingerprint density at radius 2 is 1.92 bits per heavy atom. The molecule has 9 nitrogen and oxygen atoms in total. The number of pyridine rings is 1. The number of amides is 1. The average Bonchev–Trinajstić information content (AvgIpc) is 3.64. The first-order valence-electron chi connectivity index (χ1n) is 12.8. The van der Waals surface area contributed by atoms with E-state index in [0.717, 1.165) is 35.2 Å². The Morgan fingerprint density at radius 3 is 2.55 bits per heavy atom. The van der Waals surface area contributed by atoms with Gasteiger partial charge < -0.3 is 14.6 Å². The molecule has 1 amide bonds. The van der Waals surface area contributed by atoms with E-state index >= 15 is 0 Å². The molecule has 2 fully saturated rings. The van der Waals surface area contributed by atoms with Crippen LogP contribution in [0.2, 0.25) is 0 Å². The molecule has 0 aliphatic heterocycles. The lowest BCUT2D eigenvalue weighted by atomic mass is 9.67. The Morgan fingerprint density at radius 1 is 1.21 bits per heavy atom. The summed E-state index contributed by atoms with van der Waals surface area (Å²) in [6.45, 7) is 5.88. The van der Waals surface area contributed by atoms with E-state index in [9.17, 15) is 14.7 Å². The third-order valence-corrected chi connectivity index (χ3v) is 7.61. The van der Waals surface area contributed by atoms with Gasteiger partial charge in [-0.05, 0) is 80.3 Å². The highest BCUT2D eigenvalue weighted by molar-refractivity contribution is 6.11. The van der Waals surface area contributed by atoms with Gasteiger partial charge in [0.1, 0.15) is 11.9 Å². The number of hydrogen-bond donors (Lipinski definition) is 1. The predicted octanol–water partition coefficient (Wildman–Crippen LogP) is 4.41. The van der Waals surface area contributed by atoms with Gasteiger partial charge in [0.25, 0.3) is 5.88 Å². The van der Waals surface area contributed by atoms with Gasteiger partial charge in [0, 0.05) is 27.0 Å². The molecule has 2 saturated carbocycles. The standard InChI is InChI=1S/C29H32N4O5/c1-6-7-25(34)33(23-13-18(3)17(2)12-21(23)19-8-9-19)24-11-10-22-26(30-24)27(31-32(22)4)38-20-14-29(15-20,16-37-5)28(35)36/h10-13,19-20H,8-9,14-16H2,1-5H3,(H,35,36). The lowest BCUT2D eigenvalue weighted by molar-refractivity contribution is -0.167. The molecule has 0 atom stereocenters. The third-order valence-electron chi connectivity index (χ3n) is 7.61. The van der Waals surface area contributed by atoms with Gasteiger partial charge in [0.15, 0.2) is 5.52 Å². The zero-order valence-electron chi connectivity index (χ0n) is 22.4. The summed E-state index contributed by atoms with van der Waals surface area (Å²) in [5.41, 5.74) is 4.48. The van der Waals surface area contributed by atoms with Crippen LogP contribution in [0.3, 0.4) is 0 Å². The number of carboxylic acid groups (broad SMARTS) is 1. The Hall–Kier alpha value is -3.90. The highest BCUT2D eigenvalue weighted by Crippen LogP contribution is 2.47. The third kappa shape index (κ3) is 4.50. The number of aliphatic carboxylic acids is 1.